The van der Waals surface area contributed by atoms with E-state index in [1.165, 1.54) is 23.9 Å². The normalized spacial score (nSPS) is 15.7. The van der Waals surface area contributed by atoms with Gasteiger partial charge >= 0.3 is 0 Å². The van der Waals surface area contributed by atoms with Crippen LogP contribution < -0.4 is 9.47 Å². The lowest BCUT2D eigenvalue weighted by Gasteiger charge is -2.15. The number of likely N-dealkylation sites (N-methyl/N-ethyl adjacent to an activating group) is 1. The Morgan fingerprint density at radius 1 is 1.08 bits per heavy atom. The molecule has 0 aromatic heterocycles. The Balaban J connectivity index is 1.60. The van der Waals surface area contributed by atoms with Crippen LogP contribution in [-0.2, 0) is 11.4 Å². The predicted molar refractivity (Wildman–Crippen MR) is 155 cm³/mol. The SMILES string of the molecule is CCOc1cc(/C=C2/SC(=Nc3ccc(F)cc3)N(CC)C2=O)cc(Br)c1OCc1ccc(I)cc1. The van der Waals surface area contributed by atoms with Crippen LogP contribution in [0.25, 0.3) is 6.08 Å². The molecule has 1 heterocycles. The highest BCUT2D eigenvalue weighted by Crippen LogP contribution is 2.40. The number of amides is 1. The molecule has 0 spiro atoms. The van der Waals surface area contributed by atoms with Gasteiger partial charge in [0.25, 0.3) is 5.91 Å². The van der Waals surface area contributed by atoms with Gasteiger partial charge in [-0.2, -0.15) is 0 Å². The van der Waals surface area contributed by atoms with Gasteiger partial charge in [0.2, 0.25) is 0 Å². The van der Waals surface area contributed by atoms with Crippen LogP contribution in [-0.4, -0.2) is 29.1 Å². The molecule has 1 aliphatic heterocycles. The van der Waals surface area contributed by atoms with E-state index in [9.17, 15) is 9.18 Å². The maximum atomic E-state index is 13.3. The molecule has 0 aliphatic carbocycles. The summed E-state index contributed by atoms with van der Waals surface area (Å²) in [6, 6.07) is 17.8. The summed E-state index contributed by atoms with van der Waals surface area (Å²) in [6.07, 6.45) is 1.82. The molecule has 0 saturated carbocycles. The maximum absolute atomic E-state index is 13.3. The average molecular weight is 681 g/mol. The van der Waals surface area contributed by atoms with Crippen molar-refractivity contribution in [1.82, 2.24) is 4.90 Å². The zero-order chi connectivity index (χ0) is 25.7. The minimum absolute atomic E-state index is 0.128. The Hall–Kier alpha value is -2.37. The maximum Gasteiger partial charge on any atom is 0.266 e. The molecule has 3 aromatic carbocycles. The summed E-state index contributed by atoms with van der Waals surface area (Å²) >= 11 is 7.17. The number of carbonyl (C=O) groups excluding carboxylic acids is 1. The molecule has 0 bridgehead atoms. The topological polar surface area (TPSA) is 51.1 Å². The molecule has 186 valence electrons. The second-order valence-corrected chi connectivity index (χ2v) is 10.8. The van der Waals surface area contributed by atoms with Crippen molar-refractivity contribution in [2.24, 2.45) is 4.99 Å². The van der Waals surface area contributed by atoms with Crippen LogP contribution in [0.15, 0.2) is 75.0 Å². The number of benzene rings is 3. The molecule has 0 N–H and O–H groups in total. The third-order valence-corrected chi connectivity index (χ3v) is 7.50. The van der Waals surface area contributed by atoms with E-state index in [4.69, 9.17) is 9.47 Å². The first kappa shape index (κ1) is 26.7. The van der Waals surface area contributed by atoms with Gasteiger partial charge in [0.1, 0.15) is 12.4 Å². The molecular weight excluding hydrogens is 658 g/mol. The molecule has 1 aliphatic rings. The largest absolute Gasteiger partial charge is 0.490 e. The Morgan fingerprint density at radius 2 is 1.81 bits per heavy atom. The van der Waals surface area contributed by atoms with E-state index < -0.39 is 0 Å². The van der Waals surface area contributed by atoms with Crippen molar-refractivity contribution in [1.29, 1.82) is 0 Å². The first-order valence-corrected chi connectivity index (χ1v) is 14.0. The molecule has 9 heteroatoms. The molecule has 0 radical (unpaired) electrons. The highest BCUT2D eigenvalue weighted by molar-refractivity contribution is 14.1. The number of halogens is 3. The van der Waals surface area contributed by atoms with Crippen molar-refractivity contribution < 1.29 is 18.7 Å². The van der Waals surface area contributed by atoms with Crippen molar-refractivity contribution in [2.45, 2.75) is 20.5 Å². The van der Waals surface area contributed by atoms with E-state index >= 15 is 0 Å². The molecule has 0 atom stereocenters. The van der Waals surface area contributed by atoms with Crippen molar-refractivity contribution in [3.63, 3.8) is 0 Å². The molecule has 1 fully saturated rings. The zero-order valence-electron chi connectivity index (χ0n) is 19.6. The summed E-state index contributed by atoms with van der Waals surface area (Å²) in [4.78, 5) is 19.8. The second-order valence-electron chi connectivity index (χ2n) is 7.71. The number of aliphatic imine (C=N–C) groups is 1. The second kappa shape index (κ2) is 12.2. The summed E-state index contributed by atoms with van der Waals surface area (Å²) < 4.78 is 27.1. The number of rotatable bonds is 8. The molecular formula is C27H23BrFIN2O3S. The molecule has 3 aromatic rings. The average Bonchev–Trinajstić information content (AvgIpc) is 3.14. The van der Waals surface area contributed by atoms with E-state index in [0.717, 1.165) is 19.2 Å². The van der Waals surface area contributed by atoms with Crippen LogP contribution >= 0.6 is 50.3 Å². The third kappa shape index (κ3) is 6.49. The Labute approximate surface area is 236 Å². The Morgan fingerprint density at radius 3 is 2.47 bits per heavy atom. The van der Waals surface area contributed by atoms with E-state index in [0.29, 0.717) is 47.0 Å². The van der Waals surface area contributed by atoms with Gasteiger partial charge in [0.15, 0.2) is 16.7 Å². The number of hydrogen-bond acceptors (Lipinski definition) is 5. The molecule has 36 heavy (non-hydrogen) atoms. The van der Waals surface area contributed by atoms with Crippen molar-refractivity contribution in [3.05, 3.63) is 90.6 Å². The van der Waals surface area contributed by atoms with Crippen LogP contribution in [0.1, 0.15) is 25.0 Å². The standard InChI is InChI=1S/C27H23BrFIN2O3S/c1-3-32-26(33)24(36-27(32)31-21-11-7-19(29)8-12-21)15-18-13-22(28)25(23(14-18)34-4-2)35-16-17-5-9-20(30)10-6-17/h5-15H,3-4,16H2,1-2H3/b24-15+,31-27?. The molecule has 5 nitrogen and oxygen atoms in total. The quantitative estimate of drug-likeness (QED) is 0.180. The molecule has 0 unspecified atom stereocenters. The fourth-order valence-electron chi connectivity index (χ4n) is 3.46. The number of hydrogen-bond donors (Lipinski definition) is 0. The lowest BCUT2D eigenvalue weighted by Crippen LogP contribution is -2.28. The molecule has 4 rings (SSSR count). The summed E-state index contributed by atoms with van der Waals surface area (Å²) in [7, 11) is 0. The minimum atomic E-state index is -0.330. The number of amidine groups is 1. The number of thioether (sulfide) groups is 1. The smallest absolute Gasteiger partial charge is 0.266 e. The van der Waals surface area contributed by atoms with Gasteiger partial charge in [-0.3, -0.25) is 9.69 Å². The summed E-state index contributed by atoms with van der Waals surface area (Å²) in [5.74, 6) is 0.740. The van der Waals surface area contributed by atoms with Crippen LogP contribution in [0.2, 0.25) is 0 Å². The van der Waals surface area contributed by atoms with Gasteiger partial charge in [0, 0.05) is 10.1 Å². The van der Waals surface area contributed by atoms with E-state index in [1.807, 2.05) is 56.3 Å². The fourth-order valence-corrected chi connectivity index (χ4v) is 5.45. The summed E-state index contributed by atoms with van der Waals surface area (Å²) in [5, 5.41) is 0.557. The van der Waals surface area contributed by atoms with Crippen molar-refractivity contribution in [3.8, 4) is 11.5 Å². The van der Waals surface area contributed by atoms with Crippen LogP contribution in [0, 0.1) is 9.39 Å². The zero-order valence-corrected chi connectivity index (χ0v) is 24.2. The lowest BCUT2D eigenvalue weighted by atomic mass is 10.1. The lowest BCUT2D eigenvalue weighted by molar-refractivity contribution is -0.122. The summed E-state index contributed by atoms with van der Waals surface area (Å²) in [5.41, 5.74) is 2.43. The first-order valence-electron chi connectivity index (χ1n) is 11.3. The highest BCUT2D eigenvalue weighted by Gasteiger charge is 2.32. The van der Waals surface area contributed by atoms with Crippen LogP contribution in [0.3, 0.4) is 0 Å². The first-order chi connectivity index (χ1) is 17.4. The van der Waals surface area contributed by atoms with E-state index in [-0.39, 0.29) is 11.7 Å². The Kier molecular flexibility index (Phi) is 9.08. The van der Waals surface area contributed by atoms with Gasteiger partial charge in [-0.05, 0) is 130 Å². The fraction of sp³-hybridized carbons (Fsp3) is 0.185. The highest BCUT2D eigenvalue weighted by atomic mass is 127. The number of ether oxygens (including phenoxy) is 2. The van der Waals surface area contributed by atoms with Crippen LogP contribution in [0.4, 0.5) is 10.1 Å². The number of nitrogens with zero attached hydrogens (tertiary/aromatic N) is 2. The van der Waals surface area contributed by atoms with Crippen molar-refractivity contribution in [2.75, 3.05) is 13.2 Å². The Bertz CT molecular complexity index is 1310. The van der Waals surface area contributed by atoms with Gasteiger partial charge in [0.05, 0.1) is 21.7 Å². The van der Waals surface area contributed by atoms with Gasteiger partial charge in [-0.25, -0.2) is 9.38 Å². The van der Waals surface area contributed by atoms with Crippen molar-refractivity contribution >= 4 is 73.1 Å². The van der Waals surface area contributed by atoms with Gasteiger partial charge in [-0.1, -0.05) is 12.1 Å². The third-order valence-electron chi connectivity index (χ3n) is 5.18. The van der Waals surface area contributed by atoms with Crippen LogP contribution in [0.5, 0.6) is 11.5 Å². The number of carbonyl (C=O) groups is 1. The van der Waals surface area contributed by atoms with Gasteiger partial charge < -0.3 is 9.47 Å². The van der Waals surface area contributed by atoms with E-state index in [2.05, 4.69) is 43.5 Å². The molecule has 1 amide bonds. The van der Waals surface area contributed by atoms with Gasteiger partial charge in [-0.15, -0.1) is 0 Å². The van der Waals surface area contributed by atoms with E-state index in [1.54, 1.807) is 17.0 Å². The minimum Gasteiger partial charge on any atom is -0.490 e. The predicted octanol–water partition coefficient (Wildman–Crippen LogP) is 7.79. The molecule has 1 saturated heterocycles. The summed E-state index contributed by atoms with van der Waals surface area (Å²) in [6.45, 7) is 5.15. The monoisotopic (exact) mass is 680 g/mol.